The van der Waals surface area contributed by atoms with Gasteiger partial charge in [-0.25, -0.2) is 9.48 Å². The molecule has 4 rings (SSSR count). The van der Waals surface area contributed by atoms with Gasteiger partial charge in [-0.2, -0.15) is 5.10 Å². The molecule has 164 valence electrons. The Bertz CT molecular complexity index is 1120. The number of aromatic nitrogens is 5. The van der Waals surface area contributed by atoms with E-state index in [9.17, 15) is 9.59 Å². The normalized spacial score (nSPS) is 14.5. The van der Waals surface area contributed by atoms with E-state index < -0.39 is 5.91 Å². The molecule has 1 aliphatic heterocycles. The molecule has 31 heavy (non-hydrogen) atoms. The van der Waals surface area contributed by atoms with Crippen molar-refractivity contribution in [2.45, 2.75) is 6.54 Å². The number of anilines is 1. The number of methoxy groups -OCH3 is 1. The molecule has 1 aliphatic rings. The number of nitrogens with one attached hydrogen (secondary N) is 3. The number of morpholine rings is 1. The van der Waals surface area contributed by atoms with E-state index in [1.165, 1.54) is 24.1 Å². The zero-order valence-corrected chi connectivity index (χ0v) is 17.6. The highest BCUT2D eigenvalue weighted by Crippen LogP contribution is 2.26. The van der Waals surface area contributed by atoms with Gasteiger partial charge in [-0.1, -0.05) is 11.6 Å². The van der Waals surface area contributed by atoms with Crippen molar-refractivity contribution < 1.29 is 14.3 Å². The summed E-state index contributed by atoms with van der Waals surface area (Å²) < 4.78 is 11.9. The first kappa shape index (κ1) is 21.1. The van der Waals surface area contributed by atoms with E-state index in [2.05, 4.69) is 30.5 Å². The van der Waals surface area contributed by atoms with Crippen LogP contribution < -0.4 is 15.7 Å². The lowest BCUT2D eigenvalue weighted by atomic mass is 10.2. The average molecular weight is 448 g/mol. The van der Waals surface area contributed by atoms with Gasteiger partial charge in [0.25, 0.3) is 5.91 Å². The number of H-pyrrole nitrogens is 2. The van der Waals surface area contributed by atoms with Crippen LogP contribution in [0.1, 0.15) is 10.4 Å². The van der Waals surface area contributed by atoms with Crippen molar-refractivity contribution in [3.8, 4) is 17.3 Å². The van der Waals surface area contributed by atoms with Gasteiger partial charge < -0.3 is 14.8 Å². The number of rotatable bonds is 7. The second-order valence-electron chi connectivity index (χ2n) is 6.91. The van der Waals surface area contributed by atoms with Crippen molar-refractivity contribution in [1.29, 1.82) is 0 Å². The van der Waals surface area contributed by atoms with Crippen molar-refractivity contribution in [2.24, 2.45) is 0 Å². The molecular weight excluding hydrogens is 426 g/mol. The summed E-state index contributed by atoms with van der Waals surface area (Å²) in [5.41, 5.74) is 0.677. The van der Waals surface area contributed by atoms with Crippen molar-refractivity contribution in [3.63, 3.8) is 0 Å². The number of nitrogens with zero attached hydrogens (tertiary/aromatic N) is 4. The first-order chi connectivity index (χ1) is 15.0. The minimum Gasteiger partial charge on any atom is -0.496 e. The number of carbonyl (C=O) groups excluding carboxylic acids is 1. The Morgan fingerprint density at radius 1 is 1.32 bits per heavy atom. The van der Waals surface area contributed by atoms with Gasteiger partial charge in [0.1, 0.15) is 11.4 Å². The summed E-state index contributed by atoms with van der Waals surface area (Å²) >= 11 is 6.02. The van der Waals surface area contributed by atoms with Gasteiger partial charge in [-0.05, 0) is 18.2 Å². The second-order valence-corrected chi connectivity index (χ2v) is 7.35. The summed E-state index contributed by atoms with van der Waals surface area (Å²) in [7, 11) is 1.47. The Morgan fingerprint density at radius 3 is 2.90 bits per heavy atom. The van der Waals surface area contributed by atoms with Crippen LogP contribution in [0, 0.1) is 0 Å². The summed E-state index contributed by atoms with van der Waals surface area (Å²) in [4.78, 5) is 30.0. The van der Waals surface area contributed by atoms with Crippen LogP contribution in [0.2, 0.25) is 5.02 Å². The molecule has 0 saturated carbocycles. The molecule has 0 unspecified atom stereocenters. The highest BCUT2D eigenvalue weighted by molar-refractivity contribution is 6.31. The van der Waals surface area contributed by atoms with Gasteiger partial charge in [0.05, 0.1) is 44.3 Å². The maximum Gasteiger partial charge on any atom is 0.343 e. The van der Waals surface area contributed by atoms with Gasteiger partial charge in [0.2, 0.25) is 0 Å². The summed E-state index contributed by atoms with van der Waals surface area (Å²) in [5.74, 6) is 0.224. The van der Waals surface area contributed by atoms with E-state index in [4.69, 9.17) is 21.1 Å². The molecule has 11 nitrogen and oxygen atoms in total. The van der Waals surface area contributed by atoms with Crippen molar-refractivity contribution in [2.75, 3.05) is 45.3 Å². The molecule has 0 atom stereocenters. The summed E-state index contributed by atoms with van der Waals surface area (Å²) in [6.45, 7) is 4.16. The average Bonchev–Trinajstić information content (AvgIpc) is 3.39. The first-order valence-electron chi connectivity index (χ1n) is 9.71. The van der Waals surface area contributed by atoms with Gasteiger partial charge in [0.15, 0.2) is 5.82 Å². The molecule has 0 spiro atoms. The number of ether oxygens (including phenoxy) is 2. The first-order valence-corrected chi connectivity index (χ1v) is 10.1. The van der Waals surface area contributed by atoms with Crippen molar-refractivity contribution in [3.05, 3.63) is 45.5 Å². The fourth-order valence-electron chi connectivity index (χ4n) is 3.29. The number of aromatic amines is 2. The number of halogens is 1. The van der Waals surface area contributed by atoms with E-state index in [0.29, 0.717) is 48.5 Å². The molecule has 2 aromatic heterocycles. The van der Waals surface area contributed by atoms with Crippen molar-refractivity contribution in [1.82, 2.24) is 29.9 Å². The standard InChI is InChI=1S/C19H22ClN7O4/c1-30-15-3-2-12(20)10-13(15)18(28)22-14-11-21-24-16(14)17-23-19(29)27(25-17)5-4-26-6-8-31-9-7-26/h2-3,10-11H,4-9H2,1H3,(H,21,24)(H,22,28)(H,23,25,29). The smallest absolute Gasteiger partial charge is 0.343 e. The van der Waals surface area contributed by atoms with Gasteiger partial charge >= 0.3 is 5.69 Å². The molecule has 1 fully saturated rings. The van der Waals surface area contributed by atoms with E-state index in [1.54, 1.807) is 12.1 Å². The molecule has 3 aromatic rings. The largest absolute Gasteiger partial charge is 0.496 e. The van der Waals surface area contributed by atoms with Crippen LogP contribution in [0.3, 0.4) is 0 Å². The molecule has 12 heteroatoms. The molecular formula is C19H22ClN7O4. The van der Waals surface area contributed by atoms with Gasteiger partial charge in [-0.3, -0.25) is 19.8 Å². The van der Waals surface area contributed by atoms with Crippen LogP contribution in [0.5, 0.6) is 5.75 Å². The molecule has 3 N–H and O–H groups in total. The summed E-state index contributed by atoms with van der Waals surface area (Å²) in [5, 5.41) is 14.3. The maximum atomic E-state index is 12.8. The zero-order valence-electron chi connectivity index (χ0n) is 16.9. The lowest BCUT2D eigenvalue weighted by Crippen LogP contribution is -2.39. The van der Waals surface area contributed by atoms with E-state index >= 15 is 0 Å². The molecule has 0 radical (unpaired) electrons. The molecule has 1 saturated heterocycles. The topological polar surface area (TPSA) is 130 Å². The van der Waals surface area contributed by atoms with Crippen LogP contribution in [0.25, 0.3) is 11.5 Å². The van der Waals surface area contributed by atoms with E-state index in [0.717, 1.165) is 13.1 Å². The Kier molecular flexibility index (Phi) is 6.35. The predicted molar refractivity (Wildman–Crippen MR) is 114 cm³/mol. The maximum absolute atomic E-state index is 12.8. The van der Waals surface area contributed by atoms with Gasteiger partial charge in [0, 0.05) is 24.7 Å². The Hall–Kier alpha value is -3.15. The molecule has 3 heterocycles. The highest BCUT2D eigenvalue weighted by Gasteiger charge is 2.19. The lowest BCUT2D eigenvalue weighted by Gasteiger charge is -2.26. The van der Waals surface area contributed by atoms with Crippen LogP contribution in [-0.2, 0) is 11.3 Å². The van der Waals surface area contributed by atoms with Gasteiger partial charge in [-0.15, -0.1) is 5.10 Å². The minimum atomic E-state index is -0.434. The Balaban J connectivity index is 1.50. The Morgan fingerprint density at radius 2 is 2.13 bits per heavy atom. The van der Waals surface area contributed by atoms with Crippen LogP contribution in [-0.4, -0.2) is 75.7 Å². The van der Waals surface area contributed by atoms with E-state index in [1.807, 2.05) is 0 Å². The highest BCUT2D eigenvalue weighted by atomic mass is 35.5. The van der Waals surface area contributed by atoms with E-state index in [-0.39, 0.29) is 17.1 Å². The van der Waals surface area contributed by atoms with Crippen LogP contribution in [0.4, 0.5) is 5.69 Å². The quantitative estimate of drug-likeness (QED) is 0.496. The predicted octanol–water partition coefficient (Wildman–Crippen LogP) is 1.21. The molecule has 1 amide bonds. The molecule has 0 bridgehead atoms. The lowest BCUT2D eigenvalue weighted by molar-refractivity contribution is 0.0358. The number of amides is 1. The summed E-state index contributed by atoms with van der Waals surface area (Å²) in [6, 6.07) is 4.76. The number of hydrogen-bond acceptors (Lipinski definition) is 7. The number of hydrogen-bond donors (Lipinski definition) is 3. The summed E-state index contributed by atoms with van der Waals surface area (Å²) in [6.07, 6.45) is 1.44. The third-order valence-electron chi connectivity index (χ3n) is 4.94. The monoisotopic (exact) mass is 447 g/mol. The van der Waals surface area contributed by atoms with Crippen molar-refractivity contribution >= 4 is 23.2 Å². The fourth-order valence-corrected chi connectivity index (χ4v) is 3.46. The fraction of sp³-hybridized carbons (Fsp3) is 0.368. The molecule has 1 aromatic carbocycles. The third kappa shape index (κ3) is 4.79. The SMILES string of the molecule is COc1ccc(Cl)cc1C(=O)Nc1cn[nH]c1-c1nn(CCN2CCOCC2)c(=O)[nH]1. The number of carbonyl (C=O) groups is 1. The van der Waals surface area contributed by atoms with Crippen LogP contribution >= 0.6 is 11.6 Å². The molecule has 0 aliphatic carbocycles. The Labute approximate surface area is 182 Å². The zero-order chi connectivity index (χ0) is 21.8. The third-order valence-corrected chi connectivity index (χ3v) is 5.18. The number of benzene rings is 1. The minimum absolute atomic E-state index is 0.270. The second kappa shape index (κ2) is 9.33. The van der Waals surface area contributed by atoms with Crippen LogP contribution in [0.15, 0.2) is 29.2 Å².